The summed E-state index contributed by atoms with van der Waals surface area (Å²) in [6.07, 6.45) is 3.50. The fraction of sp³-hybridized carbons (Fsp3) is 0.400. The van der Waals surface area contributed by atoms with E-state index in [9.17, 15) is 14.4 Å². The molecule has 0 rings (SSSR count). The van der Waals surface area contributed by atoms with Crippen molar-refractivity contribution in [3.8, 4) is 0 Å². The average Bonchev–Trinajstić information content (AvgIpc) is 2.10. The molecule has 0 aliphatic heterocycles. The van der Waals surface area contributed by atoms with Crippen molar-refractivity contribution >= 4 is 17.3 Å². The summed E-state index contributed by atoms with van der Waals surface area (Å²) in [7, 11) is 0. The van der Waals surface area contributed by atoms with Crippen molar-refractivity contribution in [3.05, 3.63) is 35.5 Å². The van der Waals surface area contributed by atoms with Crippen molar-refractivity contribution in [3.63, 3.8) is 0 Å². The van der Waals surface area contributed by atoms with Gasteiger partial charge in [0.25, 0.3) is 0 Å². The standard InChI is InChI=1S/3C5H8O2.Ce.H2O/c3*1-4(6)3-5(2)7;;/h3*3,6H,1-2H3;;1H2/b4-3+;2*4-3-;;. The van der Waals surface area contributed by atoms with E-state index in [2.05, 4.69) is 0 Å². The number of allylic oxidation sites excluding steroid dienone is 6. The maximum absolute atomic E-state index is 10.0. The predicted octanol–water partition coefficient (Wildman–Crippen LogP) is 2.29. The Hall–Kier alpha value is -1.03. The number of rotatable bonds is 3. The minimum Gasteiger partial charge on any atom is -0.512 e. The molecular weight excluding hydrogens is 432 g/mol. The second-order valence-corrected chi connectivity index (χ2v) is 4.19. The maximum Gasteiger partial charge on any atom is 0.155 e. The Morgan fingerprint density at radius 2 is 0.696 bits per heavy atom. The Kier molecular flexibility index (Phi) is 30.6. The molecule has 132 valence electrons. The van der Waals surface area contributed by atoms with Crippen LogP contribution in [0, 0.1) is 41.7 Å². The van der Waals surface area contributed by atoms with Gasteiger partial charge in [-0.05, 0) is 41.5 Å². The molecule has 0 fully saturated rings. The van der Waals surface area contributed by atoms with Crippen LogP contribution in [0.4, 0.5) is 0 Å². The molecule has 0 atom stereocenters. The van der Waals surface area contributed by atoms with Crippen LogP contribution in [0.15, 0.2) is 35.5 Å². The Morgan fingerprint density at radius 3 is 0.696 bits per heavy atom. The van der Waals surface area contributed by atoms with Gasteiger partial charge in [-0.3, -0.25) is 14.4 Å². The van der Waals surface area contributed by atoms with Gasteiger partial charge in [-0.25, -0.2) is 0 Å². The second-order valence-electron chi connectivity index (χ2n) is 4.19. The molecule has 0 aliphatic rings. The number of carbonyl (C=O) groups is 3. The first-order valence-electron chi connectivity index (χ1n) is 6.02. The number of aliphatic hydroxyl groups excluding tert-OH is 3. The van der Waals surface area contributed by atoms with E-state index in [0.29, 0.717) is 0 Å². The van der Waals surface area contributed by atoms with Crippen molar-refractivity contribution in [2.75, 3.05) is 0 Å². The van der Waals surface area contributed by atoms with Crippen molar-refractivity contribution in [2.24, 2.45) is 0 Å². The molecule has 0 aliphatic carbocycles. The molecule has 0 aromatic carbocycles. The zero-order valence-electron chi connectivity index (χ0n) is 14.3. The molecule has 0 saturated carbocycles. The van der Waals surface area contributed by atoms with Gasteiger partial charge in [0, 0.05) is 60.0 Å². The Morgan fingerprint density at radius 1 is 0.565 bits per heavy atom. The van der Waals surface area contributed by atoms with Crippen LogP contribution in [0.2, 0.25) is 0 Å². The van der Waals surface area contributed by atoms with Crippen molar-refractivity contribution in [1.29, 1.82) is 0 Å². The molecule has 23 heavy (non-hydrogen) atoms. The third-order valence-corrected chi connectivity index (χ3v) is 1.24. The van der Waals surface area contributed by atoms with Crippen LogP contribution < -0.4 is 0 Å². The molecular formula is C15H26CeO7. The third-order valence-electron chi connectivity index (χ3n) is 1.24. The number of carbonyl (C=O) groups excluding carboxylic acids is 3. The monoisotopic (exact) mass is 458 g/mol. The molecule has 5 N–H and O–H groups in total. The second kappa shape index (κ2) is 21.0. The van der Waals surface area contributed by atoms with Gasteiger partial charge in [-0.1, -0.05) is 0 Å². The molecule has 0 aromatic heterocycles. The Balaban J connectivity index is -0.0000000675. The maximum atomic E-state index is 10.0. The fourth-order valence-corrected chi connectivity index (χ4v) is 0.882. The summed E-state index contributed by atoms with van der Waals surface area (Å²) < 4.78 is 0. The molecule has 7 nitrogen and oxygen atoms in total. The minimum atomic E-state index is -0.125. The number of ketones is 3. The zero-order chi connectivity index (χ0) is 17.6. The molecule has 0 radical (unpaired) electrons. The van der Waals surface area contributed by atoms with E-state index in [4.69, 9.17) is 15.3 Å². The Labute approximate surface area is 170 Å². The molecule has 0 bridgehead atoms. The summed E-state index contributed by atoms with van der Waals surface area (Å²) in [5.74, 6) is -0.187. The fourth-order valence-electron chi connectivity index (χ4n) is 0.882. The normalized spacial score (nSPS) is 10.4. The van der Waals surface area contributed by atoms with Crippen LogP contribution in [0.1, 0.15) is 41.5 Å². The predicted molar refractivity (Wildman–Crippen MR) is 84.8 cm³/mol. The van der Waals surface area contributed by atoms with Gasteiger partial charge in [0.05, 0.1) is 17.3 Å². The van der Waals surface area contributed by atoms with Gasteiger partial charge < -0.3 is 20.8 Å². The van der Waals surface area contributed by atoms with Crippen molar-refractivity contribution in [1.82, 2.24) is 0 Å². The van der Waals surface area contributed by atoms with E-state index in [1.807, 2.05) is 0 Å². The average molecular weight is 458 g/mol. The van der Waals surface area contributed by atoms with Gasteiger partial charge in [-0.15, -0.1) is 0 Å². The summed E-state index contributed by atoms with van der Waals surface area (Å²) in [6.45, 7) is 8.54. The summed E-state index contributed by atoms with van der Waals surface area (Å²) in [4.78, 5) is 30.1. The number of hydrogen-bond acceptors (Lipinski definition) is 6. The van der Waals surface area contributed by atoms with Gasteiger partial charge in [0.15, 0.2) is 17.3 Å². The Bertz CT molecular complexity index is 370. The summed E-state index contributed by atoms with van der Waals surface area (Å²) in [5, 5.41) is 25.1. The van der Waals surface area contributed by atoms with E-state index < -0.39 is 0 Å². The third kappa shape index (κ3) is 62.7. The quantitative estimate of drug-likeness (QED) is 0.437. The topological polar surface area (TPSA) is 143 Å². The molecule has 0 unspecified atom stereocenters. The van der Waals surface area contributed by atoms with E-state index in [0.717, 1.165) is 0 Å². The van der Waals surface area contributed by atoms with Gasteiger partial charge in [-0.2, -0.15) is 0 Å². The summed E-state index contributed by atoms with van der Waals surface area (Å²) in [6, 6.07) is 0. The van der Waals surface area contributed by atoms with Crippen LogP contribution in [0.25, 0.3) is 0 Å². The van der Waals surface area contributed by atoms with Crippen molar-refractivity contribution in [2.45, 2.75) is 41.5 Å². The molecule has 0 amide bonds. The van der Waals surface area contributed by atoms with Crippen LogP contribution in [0.3, 0.4) is 0 Å². The SMILES string of the molecule is CC(=O)/C=C(/C)O.CC(=O)/C=C(/C)O.CC(=O)/C=C(\C)O.O.[Ce]. The number of hydrogen-bond donors (Lipinski definition) is 3. The number of aliphatic hydroxyl groups is 3. The smallest absolute Gasteiger partial charge is 0.155 e. The van der Waals surface area contributed by atoms with Gasteiger partial charge in [0.2, 0.25) is 0 Å². The molecule has 8 heteroatoms. The molecule has 0 aromatic rings. The van der Waals surface area contributed by atoms with Crippen LogP contribution in [-0.2, 0) is 14.4 Å². The first-order chi connectivity index (χ1) is 9.38. The van der Waals surface area contributed by atoms with Crippen molar-refractivity contribution < 1.29 is 76.9 Å². The van der Waals surface area contributed by atoms with Gasteiger partial charge in [0.1, 0.15) is 0 Å². The van der Waals surface area contributed by atoms with E-state index in [1.165, 1.54) is 59.8 Å². The molecule has 0 heterocycles. The summed E-state index contributed by atoms with van der Waals surface area (Å²) >= 11 is 0. The molecule has 0 saturated heterocycles. The van der Waals surface area contributed by atoms with E-state index in [1.54, 1.807) is 0 Å². The minimum absolute atomic E-state index is 0. The van der Waals surface area contributed by atoms with E-state index in [-0.39, 0.29) is 81.9 Å². The first kappa shape index (κ1) is 33.5. The van der Waals surface area contributed by atoms with Crippen LogP contribution in [0.5, 0.6) is 0 Å². The largest absolute Gasteiger partial charge is 0.512 e. The first-order valence-corrected chi connectivity index (χ1v) is 6.02. The molecule has 0 spiro atoms. The summed E-state index contributed by atoms with van der Waals surface area (Å²) in [5.41, 5.74) is 0. The van der Waals surface area contributed by atoms with Crippen LogP contribution in [-0.4, -0.2) is 38.1 Å². The van der Waals surface area contributed by atoms with Gasteiger partial charge >= 0.3 is 0 Å². The van der Waals surface area contributed by atoms with Crippen LogP contribution >= 0.6 is 0 Å². The van der Waals surface area contributed by atoms with E-state index >= 15 is 0 Å². The zero-order valence-corrected chi connectivity index (χ0v) is 17.4.